The Kier molecular flexibility index (Phi) is 29.3. The predicted octanol–water partition coefficient (Wildman–Crippen LogP) is -2.69. The molecule has 5 rings (SSSR count). The van der Waals surface area contributed by atoms with Crippen LogP contribution >= 0.6 is 0 Å². The van der Waals surface area contributed by atoms with Crippen LogP contribution in [0.3, 0.4) is 0 Å². The normalized spacial score (nSPS) is 25.8. The number of methoxy groups -OCH3 is 1. The first-order valence-electron chi connectivity index (χ1n) is 30.0. The zero-order chi connectivity index (χ0) is 62.3. The smallest absolute Gasteiger partial charge is 0.330 e. The van der Waals surface area contributed by atoms with E-state index in [1.165, 1.54) is 7.11 Å². The molecule has 0 aliphatic carbocycles. The molecule has 0 saturated carbocycles. The van der Waals surface area contributed by atoms with Gasteiger partial charge in [-0.05, 0) is 57.7 Å². The van der Waals surface area contributed by atoms with Gasteiger partial charge in [-0.1, -0.05) is 79.1 Å². The number of unbranched alkanes of at least 4 members (excludes halogenated alkanes) is 9. The van der Waals surface area contributed by atoms with Crippen LogP contribution in [0.4, 0.5) is 4.79 Å². The molecular formula is C55H96N12O18. The van der Waals surface area contributed by atoms with Gasteiger partial charge < -0.3 is 92.0 Å². The van der Waals surface area contributed by atoms with Crippen molar-refractivity contribution in [2.45, 2.75) is 196 Å². The van der Waals surface area contributed by atoms with E-state index in [9.17, 15) is 64.2 Å². The number of carboxylic acids is 2. The molecule has 15 atom stereocenters. The summed E-state index contributed by atoms with van der Waals surface area (Å²) >= 11 is 0. The summed E-state index contributed by atoms with van der Waals surface area (Å²) in [5, 5.41) is 83.0. The van der Waals surface area contributed by atoms with Crippen LogP contribution in [-0.2, 0) is 42.9 Å². The molecule has 0 radical (unpaired) electrons. The first-order valence-corrected chi connectivity index (χ1v) is 30.0. The van der Waals surface area contributed by atoms with Crippen LogP contribution in [0.15, 0.2) is 26.8 Å². The number of rotatable bonds is 37. The Labute approximate surface area is 495 Å². The largest absolute Gasteiger partial charge is 0.480 e. The number of hydrogen-bond acceptors (Lipinski definition) is 22. The molecule has 5 heterocycles. The first-order chi connectivity index (χ1) is 40.6. The maximum Gasteiger partial charge on any atom is 0.330 e. The van der Waals surface area contributed by atoms with E-state index in [1.54, 1.807) is 39.6 Å². The number of guanidine groups is 1. The molecule has 4 aliphatic rings. The number of morpholine rings is 1. The average molecular weight is 1210 g/mol. The van der Waals surface area contributed by atoms with Gasteiger partial charge >= 0.3 is 23.7 Å². The number of carbonyl (C=O) groups excluding carboxylic acids is 3. The van der Waals surface area contributed by atoms with E-state index in [4.69, 9.17) is 29.4 Å². The van der Waals surface area contributed by atoms with Crippen LogP contribution in [0.1, 0.15) is 111 Å². The lowest BCUT2D eigenvalue weighted by molar-refractivity contribution is -0.238. The number of aliphatic carboxylic acids is 2. The molecule has 0 spiro atoms. The third-order valence-corrected chi connectivity index (χ3v) is 16.0. The topological polar surface area (TPSA) is 425 Å². The van der Waals surface area contributed by atoms with Crippen molar-refractivity contribution in [3.8, 4) is 0 Å². The van der Waals surface area contributed by atoms with E-state index >= 15 is 0 Å². The maximum absolute atomic E-state index is 14.2. The van der Waals surface area contributed by atoms with Gasteiger partial charge in [0.1, 0.15) is 66.9 Å². The lowest BCUT2D eigenvalue weighted by Crippen LogP contribution is -2.66. The van der Waals surface area contributed by atoms with Crippen molar-refractivity contribution in [2.24, 2.45) is 22.6 Å². The zero-order valence-corrected chi connectivity index (χ0v) is 50.0. The number of ether oxygens (including phenoxy) is 5. The van der Waals surface area contributed by atoms with Crippen LogP contribution < -0.4 is 48.9 Å². The third kappa shape index (κ3) is 20.9. The predicted molar refractivity (Wildman–Crippen MR) is 308 cm³/mol. The summed E-state index contributed by atoms with van der Waals surface area (Å²) < 4.78 is 30.7. The lowest BCUT2D eigenvalue weighted by atomic mass is 9.96. The molecule has 15 N–H and O–H groups in total. The maximum atomic E-state index is 14.2. The molecule has 4 aliphatic heterocycles. The molecule has 30 nitrogen and oxygen atoms in total. The molecule has 1 aromatic rings. The van der Waals surface area contributed by atoms with Crippen LogP contribution in [0, 0.1) is 11.8 Å². The van der Waals surface area contributed by atoms with E-state index in [-0.39, 0.29) is 51.5 Å². The molecular weight excluding hydrogens is 1120 g/mol. The Bertz CT molecular complexity index is 2400. The number of nitrogens with one attached hydrogen (secondary N) is 7. The highest BCUT2D eigenvalue weighted by Crippen LogP contribution is 2.36. The average Bonchev–Trinajstić information content (AvgIpc) is 2.72. The number of hydrogen-bond donors (Lipinski definition) is 14. The molecule has 4 amide bonds. The van der Waals surface area contributed by atoms with Gasteiger partial charge in [0.2, 0.25) is 11.8 Å². The quantitative estimate of drug-likeness (QED) is 0.0302. The van der Waals surface area contributed by atoms with E-state index in [2.05, 4.69) is 46.8 Å². The molecule has 0 bridgehead atoms. The minimum atomic E-state index is -1.91. The van der Waals surface area contributed by atoms with Crippen LogP contribution in [0.2, 0.25) is 0 Å². The fourth-order valence-corrected chi connectivity index (χ4v) is 11.1. The number of aromatic nitrogens is 2. The minimum absolute atomic E-state index is 0.0260. The Morgan fingerprint density at radius 1 is 0.824 bits per heavy atom. The van der Waals surface area contributed by atoms with Crippen LogP contribution in [0.5, 0.6) is 0 Å². The summed E-state index contributed by atoms with van der Waals surface area (Å²) in [6.45, 7) is 11.2. The second-order valence-corrected chi connectivity index (χ2v) is 23.0. The second-order valence-electron chi connectivity index (χ2n) is 23.0. The number of amides is 4. The number of carbonyl (C=O) groups is 5. The van der Waals surface area contributed by atoms with E-state index in [1.807, 2.05) is 0 Å². The Hall–Kier alpha value is -5.38. The highest BCUT2D eigenvalue weighted by atomic mass is 16.7. The number of urea groups is 1. The van der Waals surface area contributed by atoms with Crippen molar-refractivity contribution in [2.75, 3.05) is 79.7 Å². The van der Waals surface area contributed by atoms with Crippen molar-refractivity contribution in [1.29, 1.82) is 0 Å². The standard InChI is InChI=1S/C55H96N12O18/c1-31(2)36(50(75)76)63-54(79)64-37(33-18-21-59-53(56)60-33)48(74)62-38(40(69)32(3)4)47(73)58-20-17-24-66(23-16-14-12-10-8-7-9-11-13-15-22-65-26-28-82-29-27-65)39(51(77)78)44(85-52-46(81-6)41(70)34(83-52)30-57-5)45-42(71)43(72)49(84-45)67-25-19-35(68)61-55(67)80/h19,25,31-34,36-46,49,52,57,69-72H,7-18,20-24,26-30H2,1-6H3,(H,58,73)(H,62,74)(H,75,76)(H,77,78)(H3,56,59,60)(H,61,68,80)(H2,63,64,79)/t33?,34-,36?,37?,38?,39?,40?,41-,42+,43-,44?,45+,46-,49-,52?/m1/s1. The van der Waals surface area contributed by atoms with Crippen molar-refractivity contribution < 1.29 is 78.3 Å². The fourth-order valence-electron chi connectivity index (χ4n) is 11.1. The molecule has 0 aromatic carbocycles. The second kappa shape index (κ2) is 35.4. The summed E-state index contributed by atoms with van der Waals surface area (Å²) in [7, 11) is 2.93. The molecule has 3 fully saturated rings. The van der Waals surface area contributed by atoms with E-state index in [0.29, 0.717) is 12.8 Å². The summed E-state index contributed by atoms with van der Waals surface area (Å²) in [5.74, 6) is -5.69. The highest BCUT2D eigenvalue weighted by molar-refractivity contribution is 5.94. The number of aromatic amines is 1. The van der Waals surface area contributed by atoms with Crippen LogP contribution in [0.25, 0.3) is 0 Å². The lowest BCUT2D eigenvalue weighted by Gasteiger charge is -2.39. The van der Waals surface area contributed by atoms with Gasteiger partial charge in [-0.3, -0.25) is 43.5 Å². The van der Waals surface area contributed by atoms with Gasteiger partial charge in [-0.15, -0.1) is 0 Å². The molecule has 30 heteroatoms. The molecule has 3 saturated heterocycles. The van der Waals surface area contributed by atoms with Gasteiger partial charge in [-0.25, -0.2) is 14.4 Å². The number of aliphatic hydroxyl groups is 4. The SMILES string of the molecule is CNC[C@H]1OC(OC(C(C(=O)O)N(CCCCCCCCCCCCN2CCOCC2)CCCNC(=O)C(NC(=O)C(NC(=O)NC(C(=O)O)C(C)C)C2CCN=C(N)N2)C(O)C(C)C)[C@H]2O[C@@H](n3ccc(=O)[nH]c3=O)[C@H](O)[C@@H]2O)[C@H](OC)[C@@H]1O. The number of aliphatic imine (C=N–C) groups is 1. The number of aliphatic hydroxyl groups excluding tert-OH is 4. The molecule has 8 unspecified atom stereocenters. The van der Waals surface area contributed by atoms with Gasteiger partial charge in [0, 0.05) is 58.6 Å². The zero-order valence-electron chi connectivity index (χ0n) is 50.0. The molecule has 1 aromatic heterocycles. The summed E-state index contributed by atoms with van der Waals surface area (Å²) in [5.41, 5.74) is 4.21. The number of carboxylic acid groups (broad SMARTS) is 2. The van der Waals surface area contributed by atoms with Crippen LogP contribution in [-0.4, -0.2) is 251 Å². The van der Waals surface area contributed by atoms with Gasteiger partial charge in [0.15, 0.2) is 18.5 Å². The number of H-pyrrole nitrogens is 1. The highest BCUT2D eigenvalue weighted by Gasteiger charge is 2.55. The Balaban J connectivity index is 1.37. The van der Waals surface area contributed by atoms with Gasteiger partial charge in [0.05, 0.1) is 25.4 Å². The molecule has 85 heavy (non-hydrogen) atoms. The van der Waals surface area contributed by atoms with Gasteiger partial charge in [-0.2, -0.15) is 0 Å². The van der Waals surface area contributed by atoms with E-state index < -0.39 is 144 Å². The minimum Gasteiger partial charge on any atom is -0.480 e. The van der Waals surface area contributed by atoms with E-state index in [0.717, 1.165) is 101 Å². The van der Waals surface area contributed by atoms with Gasteiger partial charge in [0.25, 0.3) is 5.56 Å². The summed E-state index contributed by atoms with van der Waals surface area (Å²) in [4.78, 5) is 103. The number of likely N-dealkylation sites (N-methyl/N-ethyl adjacent to an activating group) is 1. The summed E-state index contributed by atoms with van der Waals surface area (Å²) in [6, 6.07) is -7.00. The monoisotopic (exact) mass is 1210 g/mol. The first kappa shape index (κ1) is 70.4. The molecule has 484 valence electrons. The summed E-state index contributed by atoms with van der Waals surface area (Å²) in [6.07, 6.45) is -4.28. The third-order valence-electron chi connectivity index (χ3n) is 16.0. The fraction of sp³-hybridized carbons (Fsp3) is 0.818. The van der Waals surface area contributed by atoms with Crippen molar-refractivity contribution >= 4 is 35.7 Å². The Morgan fingerprint density at radius 3 is 2.06 bits per heavy atom. The van der Waals surface area contributed by atoms with Crippen molar-refractivity contribution in [3.05, 3.63) is 33.1 Å². The Morgan fingerprint density at radius 2 is 1.47 bits per heavy atom. The van der Waals surface area contributed by atoms with Crippen molar-refractivity contribution in [1.82, 2.24) is 51.3 Å². The number of nitrogens with zero attached hydrogens (tertiary/aromatic N) is 4. The van der Waals surface area contributed by atoms with Crippen molar-refractivity contribution in [3.63, 3.8) is 0 Å². The number of nitrogens with two attached hydrogens (primary N) is 1.